The van der Waals surface area contributed by atoms with Gasteiger partial charge in [0.05, 0.1) is 24.0 Å². The van der Waals surface area contributed by atoms with Gasteiger partial charge in [-0.15, -0.1) is 11.6 Å². The van der Waals surface area contributed by atoms with E-state index in [4.69, 9.17) is 11.6 Å². The minimum Gasteiger partial charge on any atom is -0.355 e. The number of aromatic nitrogens is 2. The van der Waals surface area contributed by atoms with Crippen molar-refractivity contribution >= 4 is 17.4 Å². The van der Waals surface area contributed by atoms with Crippen molar-refractivity contribution in [3.8, 4) is 0 Å². The van der Waals surface area contributed by atoms with E-state index in [1.165, 1.54) is 32.1 Å². The first-order chi connectivity index (χ1) is 8.83. The van der Waals surface area contributed by atoms with Crippen LogP contribution in [0.5, 0.6) is 0 Å². The average Bonchev–Trinajstić information content (AvgIpc) is 2.65. The summed E-state index contributed by atoms with van der Waals surface area (Å²) in [6.45, 7) is 4.49. The number of nitrogens with zero attached hydrogens (tertiary/aromatic N) is 3. The first-order valence-corrected chi connectivity index (χ1v) is 7.48. The quantitative estimate of drug-likeness (QED) is 0.780. The van der Waals surface area contributed by atoms with E-state index < -0.39 is 0 Å². The van der Waals surface area contributed by atoms with Crippen molar-refractivity contribution in [2.75, 3.05) is 18.0 Å². The maximum Gasteiger partial charge on any atom is 0.147 e. The van der Waals surface area contributed by atoms with Crippen molar-refractivity contribution in [3.05, 3.63) is 18.1 Å². The molecular weight excluding hydrogens is 246 g/mol. The first-order valence-electron chi connectivity index (χ1n) is 6.95. The SMILES string of the molecule is CCCC1CCCN(c2cnc(CCl)cn2)CC1. The Hall–Kier alpha value is -0.830. The molecule has 1 saturated heterocycles. The van der Waals surface area contributed by atoms with Crippen LogP contribution in [0.15, 0.2) is 12.4 Å². The third-order valence-electron chi connectivity index (χ3n) is 3.70. The van der Waals surface area contributed by atoms with Crippen LogP contribution in [0.4, 0.5) is 5.82 Å². The second-order valence-electron chi connectivity index (χ2n) is 5.07. The van der Waals surface area contributed by atoms with Gasteiger partial charge >= 0.3 is 0 Å². The average molecular weight is 268 g/mol. The topological polar surface area (TPSA) is 29.0 Å². The molecule has 0 spiro atoms. The molecule has 1 aromatic heterocycles. The highest BCUT2D eigenvalue weighted by Gasteiger charge is 2.17. The Morgan fingerprint density at radius 3 is 2.83 bits per heavy atom. The summed E-state index contributed by atoms with van der Waals surface area (Å²) in [6.07, 6.45) is 10.2. The summed E-state index contributed by atoms with van der Waals surface area (Å²) in [5.74, 6) is 2.34. The van der Waals surface area contributed by atoms with Gasteiger partial charge in [0.2, 0.25) is 0 Å². The van der Waals surface area contributed by atoms with Crippen LogP contribution in [-0.2, 0) is 5.88 Å². The molecule has 100 valence electrons. The summed E-state index contributed by atoms with van der Waals surface area (Å²) in [5.41, 5.74) is 0.846. The predicted octanol–water partition coefficient (Wildman–Crippen LogP) is 3.62. The highest BCUT2D eigenvalue weighted by molar-refractivity contribution is 6.16. The predicted molar refractivity (Wildman–Crippen MR) is 76.1 cm³/mol. The van der Waals surface area contributed by atoms with Crippen LogP contribution in [0.25, 0.3) is 0 Å². The van der Waals surface area contributed by atoms with E-state index in [0.717, 1.165) is 30.5 Å². The molecule has 1 aromatic rings. The summed E-state index contributed by atoms with van der Waals surface area (Å²) in [7, 11) is 0. The molecule has 4 heteroatoms. The van der Waals surface area contributed by atoms with Crippen molar-refractivity contribution in [3.63, 3.8) is 0 Å². The Labute approximate surface area is 115 Å². The fourth-order valence-electron chi connectivity index (χ4n) is 2.67. The lowest BCUT2D eigenvalue weighted by atomic mass is 9.96. The molecule has 2 heterocycles. The fourth-order valence-corrected chi connectivity index (χ4v) is 2.81. The molecule has 18 heavy (non-hydrogen) atoms. The monoisotopic (exact) mass is 267 g/mol. The largest absolute Gasteiger partial charge is 0.355 e. The normalized spacial score (nSPS) is 20.8. The lowest BCUT2D eigenvalue weighted by Crippen LogP contribution is -2.25. The second kappa shape index (κ2) is 6.93. The third-order valence-corrected chi connectivity index (χ3v) is 3.97. The molecule has 0 aromatic carbocycles. The van der Waals surface area contributed by atoms with Gasteiger partial charge in [-0.05, 0) is 25.2 Å². The molecule has 1 fully saturated rings. The van der Waals surface area contributed by atoms with Crippen LogP contribution in [0.1, 0.15) is 44.7 Å². The number of anilines is 1. The standard InChI is InChI=1S/C14H22ClN3/c1-2-4-12-5-3-7-18(8-6-12)14-11-16-13(9-15)10-17-14/h10-12H,2-9H2,1H3. The maximum atomic E-state index is 5.73. The van der Waals surface area contributed by atoms with Gasteiger partial charge in [0.15, 0.2) is 0 Å². The molecule has 2 rings (SSSR count). The molecule has 0 amide bonds. The van der Waals surface area contributed by atoms with E-state index >= 15 is 0 Å². The highest BCUT2D eigenvalue weighted by Crippen LogP contribution is 2.24. The molecular formula is C14H22ClN3. The molecule has 1 aliphatic rings. The van der Waals surface area contributed by atoms with Crippen molar-refractivity contribution in [2.24, 2.45) is 5.92 Å². The Morgan fingerprint density at radius 2 is 2.17 bits per heavy atom. The number of hydrogen-bond acceptors (Lipinski definition) is 3. The van der Waals surface area contributed by atoms with Gasteiger partial charge in [-0.25, -0.2) is 4.98 Å². The van der Waals surface area contributed by atoms with Crippen LogP contribution >= 0.6 is 11.6 Å². The van der Waals surface area contributed by atoms with Crippen LogP contribution in [0.3, 0.4) is 0 Å². The Bertz CT molecular complexity index is 353. The van der Waals surface area contributed by atoms with Gasteiger partial charge in [-0.2, -0.15) is 0 Å². The molecule has 3 nitrogen and oxygen atoms in total. The first kappa shape index (κ1) is 13.6. The third kappa shape index (κ3) is 3.58. The van der Waals surface area contributed by atoms with E-state index in [1.807, 2.05) is 6.20 Å². The van der Waals surface area contributed by atoms with Crippen molar-refractivity contribution < 1.29 is 0 Å². The van der Waals surface area contributed by atoms with Gasteiger partial charge < -0.3 is 4.90 Å². The van der Waals surface area contributed by atoms with Crippen molar-refractivity contribution in [2.45, 2.75) is 44.9 Å². The molecule has 0 bridgehead atoms. The van der Waals surface area contributed by atoms with E-state index in [2.05, 4.69) is 21.8 Å². The van der Waals surface area contributed by atoms with Gasteiger partial charge in [0.1, 0.15) is 5.82 Å². The zero-order valence-corrected chi connectivity index (χ0v) is 11.9. The van der Waals surface area contributed by atoms with Crippen molar-refractivity contribution in [1.29, 1.82) is 0 Å². The summed E-state index contributed by atoms with van der Waals surface area (Å²) < 4.78 is 0. The molecule has 1 atom stereocenters. The summed E-state index contributed by atoms with van der Waals surface area (Å²) in [6, 6.07) is 0. The van der Waals surface area contributed by atoms with Gasteiger partial charge in [-0.1, -0.05) is 19.8 Å². The lowest BCUT2D eigenvalue weighted by molar-refractivity contribution is 0.435. The Morgan fingerprint density at radius 1 is 1.28 bits per heavy atom. The Kier molecular flexibility index (Phi) is 5.24. The minimum atomic E-state index is 0.436. The lowest BCUT2D eigenvalue weighted by Gasteiger charge is -2.21. The molecule has 0 aliphatic carbocycles. The highest BCUT2D eigenvalue weighted by atomic mass is 35.5. The number of halogens is 1. The number of rotatable bonds is 4. The fraction of sp³-hybridized carbons (Fsp3) is 0.714. The van der Waals surface area contributed by atoms with Crippen LogP contribution in [-0.4, -0.2) is 23.1 Å². The zero-order valence-electron chi connectivity index (χ0n) is 11.1. The minimum absolute atomic E-state index is 0.436. The summed E-state index contributed by atoms with van der Waals surface area (Å²) in [5, 5.41) is 0. The van der Waals surface area contributed by atoms with Gasteiger partial charge in [0.25, 0.3) is 0 Å². The molecule has 0 saturated carbocycles. The van der Waals surface area contributed by atoms with Crippen LogP contribution in [0.2, 0.25) is 0 Å². The smallest absolute Gasteiger partial charge is 0.147 e. The van der Waals surface area contributed by atoms with E-state index in [-0.39, 0.29) is 0 Å². The van der Waals surface area contributed by atoms with E-state index in [1.54, 1.807) is 6.20 Å². The molecule has 1 unspecified atom stereocenters. The van der Waals surface area contributed by atoms with Gasteiger partial charge in [-0.3, -0.25) is 4.98 Å². The second-order valence-corrected chi connectivity index (χ2v) is 5.34. The molecule has 1 aliphatic heterocycles. The van der Waals surface area contributed by atoms with E-state index in [0.29, 0.717) is 5.88 Å². The van der Waals surface area contributed by atoms with Crippen LogP contribution in [0, 0.1) is 5.92 Å². The summed E-state index contributed by atoms with van der Waals surface area (Å²) >= 11 is 5.73. The summed E-state index contributed by atoms with van der Waals surface area (Å²) in [4.78, 5) is 11.1. The van der Waals surface area contributed by atoms with Gasteiger partial charge in [0, 0.05) is 13.1 Å². The zero-order chi connectivity index (χ0) is 12.8. The number of alkyl halides is 1. The van der Waals surface area contributed by atoms with Crippen molar-refractivity contribution in [1.82, 2.24) is 9.97 Å². The Balaban J connectivity index is 1.96. The molecule has 0 N–H and O–H groups in total. The molecule has 0 radical (unpaired) electrons. The maximum absolute atomic E-state index is 5.73. The number of hydrogen-bond donors (Lipinski definition) is 0. The van der Waals surface area contributed by atoms with Crippen LogP contribution < -0.4 is 4.90 Å². The van der Waals surface area contributed by atoms with E-state index in [9.17, 15) is 0 Å².